The summed E-state index contributed by atoms with van der Waals surface area (Å²) in [5.41, 5.74) is 0. The monoisotopic (exact) mass is 232 g/mol. The van der Waals surface area contributed by atoms with Crippen molar-refractivity contribution < 1.29 is 13.2 Å². The van der Waals surface area contributed by atoms with Crippen molar-refractivity contribution in [2.75, 3.05) is 11.5 Å². The van der Waals surface area contributed by atoms with Gasteiger partial charge in [0, 0.05) is 18.1 Å². The highest BCUT2D eigenvalue weighted by Gasteiger charge is 2.22. The van der Waals surface area contributed by atoms with E-state index in [-0.39, 0.29) is 17.4 Å². The van der Waals surface area contributed by atoms with E-state index in [2.05, 4.69) is 0 Å². The Hall–Kier alpha value is -0.380. The summed E-state index contributed by atoms with van der Waals surface area (Å²) < 4.78 is 22.5. The molecule has 0 amide bonds. The van der Waals surface area contributed by atoms with Gasteiger partial charge in [0.1, 0.15) is 15.6 Å². The van der Waals surface area contributed by atoms with Crippen LogP contribution in [0.3, 0.4) is 0 Å². The predicted molar refractivity (Wildman–Crippen MR) is 60.5 cm³/mol. The van der Waals surface area contributed by atoms with E-state index in [1.165, 1.54) is 0 Å². The zero-order chi connectivity index (χ0) is 11.3. The van der Waals surface area contributed by atoms with Crippen molar-refractivity contribution in [2.24, 2.45) is 5.92 Å². The Morgan fingerprint density at radius 2 is 2.07 bits per heavy atom. The quantitative estimate of drug-likeness (QED) is 0.728. The second-order valence-electron chi connectivity index (χ2n) is 4.29. The zero-order valence-electron chi connectivity index (χ0n) is 9.37. The summed E-state index contributed by atoms with van der Waals surface area (Å²) in [4.78, 5) is 11.5. The van der Waals surface area contributed by atoms with Gasteiger partial charge in [-0.3, -0.25) is 4.79 Å². The van der Waals surface area contributed by atoms with E-state index in [0.717, 1.165) is 25.7 Å². The molecule has 0 spiro atoms. The second-order valence-corrected chi connectivity index (χ2v) is 6.76. The topological polar surface area (TPSA) is 51.2 Å². The summed E-state index contributed by atoms with van der Waals surface area (Å²) >= 11 is 0. The van der Waals surface area contributed by atoms with Crippen LogP contribution in [0.5, 0.6) is 0 Å². The van der Waals surface area contributed by atoms with Crippen LogP contribution >= 0.6 is 0 Å². The third-order valence-corrected chi connectivity index (χ3v) is 4.92. The van der Waals surface area contributed by atoms with Crippen molar-refractivity contribution in [1.82, 2.24) is 0 Å². The second kappa shape index (κ2) is 5.64. The average Bonchev–Trinajstić information content (AvgIpc) is 2.21. The maximum Gasteiger partial charge on any atom is 0.150 e. The van der Waals surface area contributed by atoms with Gasteiger partial charge in [0.15, 0.2) is 0 Å². The first-order chi connectivity index (χ1) is 7.05. The standard InChI is InChI=1S/C11H20O3S/c1-2-15(13,14)9-5-7-10-6-3-4-8-11(10)12/h10H,2-9H2,1H3. The number of hydrogen-bond acceptors (Lipinski definition) is 3. The van der Waals surface area contributed by atoms with Crippen molar-refractivity contribution in [3.8, 4) is 0 Å². The first kappa shape index (κ1) is 12.7. The van der Waals surface area contributed by atoms with Gasteiger partial charge in [-0.05, 0) is 25.7 Å². The number of sulfone groups is 1. The fraction of sp³-hybridized carbons (Fsp3) is 0.909. The molecule has 15 heavy (non-hydrogen) atoms. The molecule has 3 nitrogen and oxygen atoms in total. The largest absolute Gasteiger partial charge is 0.299 e. The normalized spacial score (nSPS) is 23.0. The molecular formula is C11H20O3S. The van der Waals surface area contributed by atoms with E-state index in [4.69, 9.17) is 0 Å². The van der Waals surface area contributed by atoms with Gasteiger partial charge < -0.3 is 0 Å². The molecule has 1 fully saturated rings. The van der Waals surface area contributed by atoms with Crippen LogP contribution < -0.4 is 0 Å². The van der Waals surface area contributed by atoms with Crippen LogP contribution in [0.2, 0.25) is 0 Å². The summed E-state index contributed by atoms with van der Waals surface area (Å²) in [7, 11) is -2.85. The summed E-state index contributed by atoms with van der Waals surface area (Å²) in [6, 6.07) is 0. The Morgan fingerprint density at radius 3 is 2.67 bits per heavy atom. The minimum Gasteiger partial charge on any atom is -0.299 e. The molecule has 1 atom stereocenters. The van der Waals surface area contributed by atoms with Gasteiger partial charge in [-0.2, -0.15) is 0 Å². The first-order valence-corrected chi connectivity index (χ1v) is 7.60. The number of rotatable bonds is 5. The molecule has 88 valence electrons. The van der Waals surface area contributed by atoms with Gasteiger partial charge in [0.05, 0.1) is 5.75 Å². The van der Waals surface area contributed by atoms with Crippen molar-refractivity contribution in [1.29, 1.82) is 0 Å². The lowest BCUT2D eigenvalue weighted by molar-refractivity contribution is -0.124. The summed E-state index contributed by atoms with van der Waals surface area (Å²) in [5, 5.41) is 0. The Morgan fingerprint density at radius 1 is 1.33 bits per heavy atom. The number of Topliss-reactive ketones (excluding diaryl/α,β-unsaturated/α-hetero) is 1. The summed E-state index contributed by atoms with van der Waals surface area (Å²) in [5.74, 6) is 0.944. The van der Waals surface area contributed by atoms with Crippen molar-refractivity contribution in [3.63, 3.8) is 0 Å². The molecular weight excluding hydrogens is 212 g/mol. The maximum atomic E-state index is 11.5. The SMILES string of the molecule is CCS(=O)(=O)CCCC1CCCCC1=O. The number of carbonyl (C=O) groups excluding carboxylic acids is 1. The van der Waals surface area contributed by atoms with Gasteiger partial charge >= 0.3 is 0 Å². The first-order valence-electron chi connectivity index (χ1n) is 5.78. The molecule has 0 bridgehead atoms. The van der Waals surface area contributed by atoms with Gasteiger partial charge in [-0.25, -0.2) is 8.42 Å². The Kier molecular flexibility index (Phi) is 4.77. The van der Waals surface area contributed by atoms with E-state index in [1.807, 2.05) is 0 Å². The van der Waals surface area contributed by atoms with E-state index >= 15 is 0 Å². The number of ketones is 1. The molecule has 1 saturated carbocycles. The Bertz CT molecular complexity index is 306. The molecule has 1 aliphatic carbocycles. The molecule has 1 rings (SSSR count). The van der Waals surface area contributed by atoms with Crippen molar-refractivity contribution in [3.05, 3.63) is 0 Å². The fourth-order valence-electron chi connectivity index (χ4n) is 2.05. The number of carbonyl (C=O) groups is 1. The highest BCUT2D eigenvalue weighted by atomic mass is 32.2. The summed E-state index contributed by atoms with van der Waals surface area (Å²) in [6.07, 6.45) is 5.21. The van der Waals surface area contributed by atoms with Gasteiger partial charge in [-0.1, -0.05) is 13.3 Å². The van der Waals surface area contributed by atoms with Crippen LogP contribution in [-0.2, 0) is 14.6 Å². The van der Waals surface area contributed by atoms with Crippen LogP contribution in [0, 0.1) is 5.92 Å². The molecule has 0 aromatic carbocycles. The van der Waals surface area contributed by atoms with E-state index < -0.39 is 9.84 Å². The van der Waals surface area contributed by atoms with Crippen LogP contribution in [0.15, 0.2) is 0 Å². The molecule has 0 aromatic rings. The van der Waals surface area contributed by atoms with E-state index in [0.29, 0.717) is 18.6 Å². The molecule has 0 saturated heterocycles. The fourth-order valence-corrected chi connectivity index (χ4v) is 2.95. The van der Waals surface area contributed by atoms with Crippen molar-refractivity contribution in [2.45, 2.75) is 45.4 Å². The molecule has 0 heterocycles. The lowest BCUT2D eigenvalue weighted by Gasteiger charge is -2.19. The molecule has 0 radical (unpaired) electrons. The number of hydrogen-bond donors (Lipinski definition) is 0. The van der Waals surface area contributed by atoms with Gasteiger partial charge in [-0.15, -0.1) is 0 Å². The minimum atomic E-state index is -2.85. The molecule has 0 aromatic heterocycles. The lowest BCUT2D eigenvalue weighted by Crippen LogP contribution is -2.20. The zero-order valence-corrected chi connectivity index (χ0v) is 10.2. The van der Waals surface area contributed by atoms with Crippen LogP contribution in [0.25, 0.3) is 0 Å². The molecule has 0 aliphatic heterocycles. The Balaban J connectivity index is 2.28. The van der Waals surface area contributed by atoms with Crippen molar-refractivity contribution >= 4 is 15.6 Å². The third kappa shape index (κ3) is 4.33. The molecule has 1 unspecified atom stereocenters. The van der Waals surface area contributed by atoms with E-state index in [1.54, 1.807) is 6.92 Å². The van der Waals surface area contributed by atoms with E-state index in [9.17, 15) is 13.2 Å². The smallest absolute Gasteiger partial charge is 0.150 e. The van der Waals surface area contributed by atoms with Crippen LogP contribution in [0.4, 0.5) is 0 Å². The predicted octanol–water partition coefficient (Wildman–Crippen LogP) is 1.96. The van der Waals surface area contributed by atoms with Gasteiger partial charge in [0.25, 0.3) is 0 Å². The lowest BCUT2D eigenvalue weighted by atomic mass is 9.85. The highest BCUT2D eigenvalue weighted by molar-refractivity contribution is 7.91. The van der Waals surface area contributed by atoms with Crippen LogP contribution in [0.1, 0.15) is 45.4 Å². The average molecular weight is 232 g/mol. The molecule has 4 heteroatoms. The summed E-state index contributed by atoms with van der Waals surface area (Å²) in [6.45, 7) is 1.67. The highest BCUT2D eigenvalue weighted by Crippen LogP contribution is 2.24. The molecule has 0 N–H and O–H groups in total. The van der Waals surface area contributed by atoms with Crippen LogP contribution in [-0.4, -0.2) is 25.7 Å². The maximum absolute atomic E-state index is 11.5. The molecule has 1 aliphatic rings. The van der Waals surface area contributed by atoms with Gasteiger partial charge in [0.2, 0.25) is 0 Å². The Labute approximate surface area is 92.2 Å². The third-order valence-electron chi connectivity index (χ3n) is 3.13. The minimum absolute atomic E-state index is 0.144.